The van der Waals surface area contributed by atoms with Crippen LogP contribution in [-0.2, 0) is 14.3 Å². The second-order valence-corrected chi connectivity index (χ2v) is 17.8. The van der Waals surface area contributed by atoms with Crippen LogP contribution in [0.4, 0.5) is 0 Å². The zero-order valence-electron chi connectivity index (χ0n) is 39.5. The van der Waals surface area contributed by atoms with Crippen molar-refractivity contribution in [1.82, 2.24) is 5.32 Å². The number of carbonyl (C=O) groups excluding carboxylic acids is 2. The predicted molar refractivity (Wildman–Crippen MR) is 255 cm³/mol. The van der Waals surface area contributed by atoms with Gasteiger partial charge in [-0.2, -0.15) is 0 Å². The Hall–Kier alpha value is -1.66. The molecule has 348 valence electrons. The second kappa shape index (κ2) is 49.0. The van der Waals surface area contributed by atoms with E-state index >= 15 is 0 Å². The number of hydrogen-bond donors (Lipinski definition) is 3. The molecule has 0 aromatic rings. The number of ether oxygens (including phenoxy) is 1. The normalized spacial score (nSPS) is 12.8. The summed E-state index contributed by atoms with van der Waals surface area (Å²) in [5, 5.41) is 23.2. The molecule has 59 heavy (non-hydrogen) atoms. The van der Waals surface area contributed by atoms with Gasteiger partial charge in [0.25, 0.3) is 0 Å². The zero-order chi connectivity index (χ0) is 43.0. The van der Waals surface area contributed by atoms with E-state index in [1.54, 1.807) is 0 Å². The average Bonchev–Trinajstić information content (AvgIpc) is 3.24. The standard InChI is InChI=1S/C53H101NO5/c1-3-5-7-9-11-13-15-17-22-25-29-33-37-41-45-51(56)50(49-55)54-52(57)46-42-38-34-30-26-23-19-18-20-24-28-32-36-40-44-48-59-53(58)47-43-39-35-31-27-21-16-14-12-10-8-6-4-2/h14,16,20,24,50-51,55-56H,3-13,15,17-19,21-23,25-49H2,1-2H3,(H,54,57)/b16-14-,24-20-. The summed E-state index contributed by atoms with van der Waals surface area (Å²) >= 11 is 0. The highest BCUT2D eigenvalue weighted by atomic mass is 16.5. The molecule has 0 aromatic carbocycles. The summed E-state index contributed by atoms with van der Waals surface area (Å²) in [5.74, 6) is -0.0699. The van der Waals surface area contributed by atoms with Crippen LogP contribution in [0.3, 0.4) is 0 Å². The lowest BCUT2D eigenvalue weighted by atomic mass is 10.0. The maximum atomic E-state index is 12.4. The Morgan fingerprint density at radius 3 is 1.22 bits per heavy atom. The van der Waals surface area contributed by atoms with Crippen molar-refractivity contribution in [3.63, 3.8) is 0 Å². The fourth-order valence-corrected chi connectivity index (χ4v) is 7.92. The van der Waals surface area contributed by atoms with Crippen LogP contribution >= 0.6 is 0 Å². The molecule has 0 aliphatic heterocycles. The Morgan fingerprint density at radius 1 is 0.458 bits per heavy atom. The SMILES string of the molecule is CCCCCC/C=C\CCCCCCCC(=O)OCCCCCC/C=C\CCCCCCCCCC(=O)NC(CO)C(O)CCCCCCCCCCCCCCCC. The van der Waals surface area contributed by atoms with Crippen LogP contribution in [-0.4, -0.2) is 47.4 Å². The first-order valence-electron chi connectivity index (χ1n) is 26.1. The van der Waals surface area contributed by atoms with E-state index in [-0.39, 0.29) is 18.5 Å². The number of aliphatic hydroxyl groups excluding tert-OH is 2. The lowest BCUT2D eigenvalue weighted by Crippen LogP contribution is -2.45. The highest BCUT2D eigenvalue weighted by Gasteiger charge is 2.20. The molecule has 0 radical (unpaired) electrons. The van der Waals surface area contributed by atoms with Gasteiger partial charge < -0.3 is 20.3 Å². The van der Waals surface area contributed by atoms with Crippen LogP contribution < -0.4 is 5.32 Å². The number of rotatable bonds is 48. The van der Waals surface area contributed by atoms with Crippen molar-refractivity contribution in [1.29, 1.82) is 0 Å². The molecule has 2 unspecified atom stereocenters. The first kappa shape index (κ1) is 57.3. The monoisotopic (exact) mass is 832 g/mol. The molecule has 0 aromatic heterocycles. The molecule has 0 heterocycles. The third kappa shape index (κ3) is 45.7. The lowest BCUT2D eigenvalue weighted by Gasteiger charge is -2.22. The summed E-state index contributed by atoms with van der Waals surface area (Å²) in [6.07, 6.45) is 57.2. The molecule has 0 saturated heterocycles. The number of esters is 1. The highest BCUT2D eigenvalue weighted by molar-refractivity contribution is 5.76. The maximum absolute atomic E-state index is 12.4. The number of nitrogens with one attached hydrogen (secondary N) is 1. The Morgan fingerprint density at radius 2 is 0.797 bits per heavy atom. The van der Waals surface area contributed by atoms with E-state index in [2.05, 4.69) is 43.5 Å². The van der Waals surface area contributed by atoms with Crippen LogP contribution in [0.25, 0.3) is 0 Å². The number of carbonyl (C=O) groups is 2. The third-order valence-corrected chi connectivity index (χ3v) is 12.0. The van der Waals surface area contributed by atoms with Gasteiger partial charge in [0, 0.05) is 12.8 Å². The molecule has 0 saturated carbocycles. The maximum Gasteiger partial charge on any atom is 0.305 e. The van der Waals surface area contributed by atoms with Crippen molar-refractivity contribution in [2.24, 2.45) is 0 Å². The molecular formula is C53H101NO5. The summed E-state index contributed by atoms with van der Waals surface area (Å²) < 4.78 is 5.44. The van der Waals surface area contributed by atoms with Crippen molar-refractivity contribution in [2.45, 2.75) is 289 Å². The Kier molecular flexibility index (Phi) is 47.6. The topological polar surface area (TPSA) is 95.9 Å². The number of allylic oxidation sites excluding steroid dienone is 4. The van der Waals surface area contributed by atoms with Crippen molar-refractivity contribution in [2.75, 3.05) is 13.2 Å². The summed E-state index contributed by atoms with van der Waals surface area (Å²) in [6, 6.07) is -0.552. The summed E-state index contributed by atoms with van der Waals surface area (Å²) in [5.41, 5.74) is 0. The van der Waals surface area contributed by atoms with Gasteiger partial charge in [0.05, 0.1) is 25.4 Å². The van der Waals surface area contributed by atoms with E-state index in [4.69, 9.17) is 4.74 Å². The molecule has 6 nitrogen and oxygen atoms in total. The van der Waals surface area contributed by atoms with Gasteiger partial charge in [0.15, 0.2) is 0 Å². The minimum atomic E-state index is -0.673. The van der Waals surface area contributed by atoms with Crippen molar-refractivity contribution < 1.29 is 24.5 Å². The summed E-state index contributed by atoms with van der Waals surface area (Å²) in [4.78, 5) is 24.4. The predicted octanol–water partition coefficient (Wildman–Crippen LogP) is 15.5. The minimum Gasteiger partial charge on any atom is -0.466 e. The van der Waals surface area contributed by atoms with E-state index in [9.17, 15) is 19.8 Å². The second-order valence-electron chi connectivity index (χ2n) is 17.8. The van der Waals surface area contributed by atoms with Gasteiger partial charge in [0.2, 0.25) is 5.91 Å². The van der Waals surface area contributed by atoms with Crippen molar-refractivity contribution in [3.8, 4) is 0 Å². The Labute approximate surface area is 367 Å². The van der Waals surface area contributed by atoms with E-state index in [1.807, 2.05) is 0 Å². The molecule has 3 N–H and O–H groups in total. The summed E-state index contributed by atoms with van der Waals surface area (Å²) in [7, 11) is 0. The molecule has 0 bridgehead atoms. The van der Waals surface area contributed by atoms with Crippen LogP contribution in [0.2, 0.25) is 0 Å². The molecular weight excluding hydrogens is 731 g/mol. The largest absolute Gasteiger partial charge is 0.466 e. The average molecular weight is 832 g/mol. The number of unbranched alkanes of at least 4 members (excludes halogenated alkanes) is 33. The molecule has 0 rings (SSSR count). The van der Waals surface area contributed by atoms with Crippen LogP contribution in [0.5, 0.6) is 0 Å². The van der Waals surface area contributed by atoms with Gasteiger partial charge in [-0.05, 0) is 77.0 Å². The fourth-order valence-electron chi connectivity index (χ4n) is 7.92. The third-order valence-electron chi connectivity index (χ3n) is 12.0. The Bertz CT molecular complexity index is 920. The molecule has 0 spiro atoms. The molecule has 0 fully saturated rings. The van der Waals surface area contributed by atoms with Gasteiger partial charge in [-0.3, -0.25) is 9.59 Å². The van der Waals surface area contributed by atoms with E-state index in [0.717, 1.165) is 70.6 Å². The van der Waals surface area contributed by atoms with Gasteiger partial charge in [-0.15, -0.1) is 0 Å². The van der Waals surface area contributed by atoms with Gasteiger partial charge in [0.1, 0.15) is 0 Å². The number of hydrogen-bond acceptors (Lipinski definition) is 5. The zero-order valence-corrected chi connectivity index (χ0v) is 39.5. The smallest absolute Gasteiger partial charge is 0.305 e. The Balaban J connectivity index is 3.48. The minimum absolute atomic E-state index is 0.0195. The summed E-state index contributed by atoms with van der Waals surface area (Å²) in [6.45, 7) is 4.90. The first-order chi connectivity index (χ1) is 29.0. The molecule has 0 aliphatic rings. The quantitative estimate of drug-likeness (QED) is 0.0322. The van der Waals surface area contributed by atoms with E-state index in [0.29, 0.717) is 25.9 Å². The van der Waals surface area contributed by atoms with E-state index < -0.39 is 12.1 Å². The molecule has 6 heteroatoms. The lowest BCUT2D eigenvalue weighted by molar-refractivity contribution is -0.143. The van der Waals surface area contributed by atoms with Crippen LogP contribution in [0, 0.1) is 0 Å². The van der Waals surface area contributed by atoms with Crippen LogP contribution in [0.1, 0.15) is 277 Å². The van der Waals surface area contributed by atoms with Crippen molar-refractivity contribution in [3.05, 3.63) is 24.3 Å². The van der Waals surface area contributed by atoms with Crippen molar-refractivity contribution >= 4 is 11.9 Å². The van der Waals surface area contributed by atoms with E-state index in [1.165, 1.54) is 173 Å². The molecule has 1 amide bonds. The van der Waals surface area contributed by atoms with Gasteiger partial charge in [-0.25, -0.2) is 0 Å². The fraction of sp³-hybridized carbons (Fsp3) is 0.887. The molecule has 2 atom stereocenters. The van der Waals surface area contributed by atoms with Gasteiger partial charge >= 0.3 is 5.97 Å². The molecule has 0 aliphatic carbocycles. The first-order valence-corrected chi connectivity index (χ1v) is 26.1. The number of amides is 1. The highest BCUT2D eigenvalue weighted by Crippen LogP contribution is 2.16. The van der Waals surface area contributed by atoms with Gasteiger partial charge in [-0.1, -0.05) is 212 Å². The van der Waals surface area contributed by atoms with Crippen LogP contribution in [0.15, 0.2) is 24.3 Å². The number of aliphatic hydroxyl groups is 2.